The number of fused-ring (bicyclic) bond motifs is 6. The number of rotatable bonds is 6. The Morgan fingerprint density at radius 1 is 1.06 bits per heavy atom. The largest absolute Gasteiger partial charge is 0.377 e. The van der Waals surface area contributed by atoms with Crippen LogP contribution in [0, 0.1) is 40.9 Å². The topological polar surface area (TPSA) is 106 Å². The Kier molecular flexibility index (Phi) is 8.54. The summed E-state index contributed by atoms with van der Waals surface area (Å²) < 4.78 is 0. The minimum atomic E-state index is -1.04. The van der Waals surface area contributed by atoms with E-state index in [2.05, 4.69) is 41.0 Å². The number of hydrogen-bond donors (Lipinski definition) is 2. The Bertz CT molecular complexity index is 1730. The molecule has 2 aliphatic heterocycles. The number of nitrogens with one attached hydrogen (secondary N) is 1. The van der Waals surface area contributed by atoms with Crippen LogP contribution >= 0.6 is 0 Å². The second kappa shape index (κ2) is 12.5. The molecule has 49 heavy (non-hydrogen) atoms. The zero-order valence-electron chi connectivity index (χ0n) is 29.5. The fourth-order valence-corrected chi connectivity index (χ4v) is 10.5. The van der Waals surface area contributed by atoms with Crippen molar-refractivity contribution in [3.63, 3.8) is 0 Å². The van der Waals surface area contributed by atoms with Crippen molar-refractivity contribution in [2.75, 3.05) is 32.7 Å². The zero-order valence-corrected chi connectivity index (χ0v) is 29.5. The molecule has 3 aliphatic carbocycles. The number of pyridine rings is 1. The molecule has 2 aromatic rings. The van der Waals surface area contributed by atoms with Gasteiger partial charge in [-0.15, -0.1) is 6.42 Å². The van der Waals surface area contributed by atoms with E-state index in [0.29, 0.717) is 68.3 Å². The normalized spacial score (nSPS) is 34.5. The minimum absolute atomic E-state index is 0.0279. The molecule has 7 rings (SSSR count). The van der Waals surface area contributed by atoms with Crippen molar-refractivity contribution in [2.45, 2.75) is 90.3 Å². The standard InChI is InChI=1S/C40H51N5O4/c1-6-20-45(37(48)32-14-12-27-10-8-9-11-31(27)41-32)26(3)36(47)44-23-21-43(22-24-44)33-25-38(4)29-16-18-39(5)30(17-19-40(39,49)7-2)28(29)13-15-34(38)42-35(33)46/h2,8-12,14,25-26,28-30,34,49H,6,13,15-24H2,1,3-5H3,(H,42,46)/t26-,28+,29?,30?,34?,38+,39-,40-/m0/s1. The first-order valence-electron chi connectivity index (χ1n) is 18.4. The molecule has 9 heteroatoms. The maximum absolute atomic E-state index is 13.9. The number of carbonyl (C=O) groups excluding carboxylic acids is 3. The maximum atomic E-state index is 13.9. The van der Waals surface area contributed by atoms with Gasteiger partial charge < -0.3 is 25.1 Å². The van der Waals surface area contributed by atoms with Gasteiger partial charge >= 0.3 is 0 Å². The third-order valence-electron chi connectivity index (χ3n) is 13.5. The third-order valence-corrected chi connectivity index (χ3v) is 13.5. The van der Waals surface area contributed by atoms with Gasteiger partial charge in [0.25, 0.3) is 11.8 Å². The Hall–Kier alpha value is -3.90. The second-order valence-corrected chi connectivity index (χ2v) is 15.8. The predicted molar refractivity (Wildman–Crippen MR) is 189 cm³/mol. The quantitative estimate of drug-likeness (QED) is 0.437. The Labute approximate surface area is 290 Å². The van der Waals surface area contributed by atoms with Crippen LogP contribution in [0.3, 0.4) is 0 Å². The minimum Gasteiger partial charge on any atom is -0.377 e. The van der Waals surface area contributed by atoms with Crippen LogP contribution in [0.2, 0.25) is 0 Å². The summed E-state index contributed by atoms with van der Waals surface area (Å²) in [5.74, 6) is 3.67. The third kappa shape index (κ3) is 5.33. The molecule has 4 fully saturated rings. The van der Waals surface area contributed by atoms with Gasteiger partial charge in [-0.05, 0) is 87.8 Å². The molecule has 3 unspecified atom stereocenters. The molecule has 260 valence electrons. The van der Waals surface area contributed by atoms with Crippen LogP contribution < -0.4 is 5.32 Å². The van der Waals surface area contributed by atoms with E-state index in [1.165, 1.54) is 0 Å². The van der Waals surface area contributed by atoms with Gasteiger partial charge in [-0.25, -0.2) is 4.98 Å². The highest BCUT2D eigenvalue weighted by molar-refractivity contribution is 5.98. The SMILES string of the molecule is C#C[C@]1(O)CCC2[C@@H]3CCC4NC(=O)C(N5CCN(C(=O)[C@H](C)N(CCC)C(=O)c6ccc7ccccc7n6)CC5)=C[C@]4(C)C3CC[C@@]21C. The molecule has 0 bridgehead atoms. The van der Waals surface area contributed by atoms with Gasteiger partial charge in [0.1, 0.15) is 17.3 Å². The van der Waals surface area contributed by atoms with Crippen LogP contribution in [0.25, 0.3) is 10.9 Å². The number of carbonyl (C=O) groups is 3. The highest BCUT2D eigenvalue weighted by atomic mass is 16.3. The van der Waals surface area contributed by atoms with Gasteiger partial charge in [0.2, 0.25) is 5.91 Å². The fourth-order valence-electron chi connectivity index (χ4n) is 10.5. The number of para-hydroxylation sites is 1. The number of piperazine rings is 1. The zero-order chi connectivity index (χ0) is 34.7. The molecule has 8 atom stereocenters. The molecule has 1 aromatic heterocycles. The lowest BCUT2D eigenvalue weighted by Crippen LogP contribution is -2.63. The van der Waals surface area contributed by atoms with Gasteiger partial charge in [0.15, 0.2) is 0 Å². The number of nitrogens with zero attached hydrogens (tertiary/aromatic N) is 4. The van der Waals surface area contributed by atoms with E-state index < -0.39 is 11.6 Å². The van der Waals surface area contributed by atoms with Crippen LogP contribution in [0.4, 0.5) is 0 Å². The number of aromatic nitrogens is 1. The van der Waals surface area contributed by atoms with Crippen molar-refractivity contribution in [1.29, 1.82) is 0 Å². The molecule has 3 amide bonds. The number of hydrogen-bond acceptors (Lipinski definition) is 6. The van der Waals surface area contributed by atoms with E-state index in [4.69, 9.17) is 6.42 Å². The van der Waals surface area contributed by atoms with Gasteiger partial charge in [-0.3, -0.25) is 14.4 Å². The van der Waals surface area contributed by atoms with Crippen molar-refractivity contribution in [2.24, 2.45) is 28.6 Å². The van der Waals surface area contributed by atoms with Crippen molar-refractivity contribution in [3.05, 3.63) is 53.9 Å². The van der Waals surface area contributed by atoms with Crippen LogP contribution in [0.15, 0.2) is 48.2 Å². The average Bonchev–Trinajstić information content (AvgIpc) is 3.40. The van der Waals surface area contributed by atoms with Crippen molar-refractivity contribution in [3.8, 4) is 12.3 Å². The van der Waals surface area contributed by atoms with Gasteiger partial charge in [0, 0.05) is 55.0 Å². The smallest absolute Gasteiger partial charge is 0.273 e. The van der Waals surface area contributed by atoms with E-state index in [1.54, 1.807) is 11.0 Å². The average molecular weight is 666 g/mol. The maximum Gasteiger partial charge on any atom is 0.273 e. The Morgan fingerprint density at radius 2 is 1.80 bits per heavy atom. The van der Waals surface area contributed by atoms with E-state index in [1.807, 2.05) is 49.1 Å². The first-order valence-corrected chi connectivity index (χ1v) is 18.4. The van der Waals surface area contributed by atoms with Crippen LogP contribution in [-0.2, 0) is 9.59 Å². The molecule has 3 saturated carbocycles. The molecule has 0 radical (unpaired) electrons. The van der Waals surface area contributed by atoms with E-state index in [9.17, 15) is 19.5 Å². The summed E-state index contributed by atoms with van der Waals surface area (Å²) in [7, 11) is 0. The van der Waals surface area contributed by atoms with Gasteiger partial charge in [-0.2, -0.15) is 0 Å². The lowest BCUT2D eigenvalue weighted by molar-refractivity contribution is -0.137. The molecule has 9 nitrogen and oxygen atoms in total. The molecule has 5 aliphatic rings. The first kappa shape index (κ1) is 33.6. The van der Waals surface area contributed by atoms with Crippen molar-refractivity contribution < 1.29 is 19.5 Å². The molecular formula is C40H51N5O4. The highest BCUT2D eigenvalue weighted by Gasteiger charge is 2.64. The van der Waals surface area contributed by atoms with E-state index in [-0.39, 0.29) is 34.6 Å². The summed E-state index contributed by atoms with van der Waals surface area (Å²) in [5, 5.41) is 15.8. The van der Waals surface area contributed by atoms with Crippen LogP contribution in [-0.4, -0.2) is 92.9 Å². The second-order valence-electron chi connectivity index (χ2n) is 15.8. The number of benzene rings is 1. The molecule has 3 heterocycles. The highest BCUT2D eigenvalue weighted by Crippen LogP contribution is 2.66. The number of terminal acetylenes is 1. The fraction of sp³-hybridized carbons (Fsp3) is 0.600. The first-order chi connectivity index (χ1) is 23.4. The lowest BCUT2D eigenvalue weighted by Gasteiger charge is -2.59. The van der Waals surface area contributed by atoms with Gasteiger partial charge in [0.05, 0.1) is 11.2 Å². The molecule has 1 aromatic carbocycles. The number of aliphatic hydroxyl groups is 1. The molecule has 0 spiro atoms. The van der Waals surface area contributed by atoms with E-state index in [0.717, 1.165) is 49.4 Å². The van der Waals surface area contributed by atoms with Crippen molar-refractivity contribution in [1.82, 2.24) is 25.0 Å². The van der Waals surface area contributed by atoms with E-state index >= 15 is 0 Å². The molecule has 1 saturated heterocycles. The summed E-state index contributed by atoms with van der Waals surface area (Å²) in [6.07, 6.45) is 14.3. The Balaban J connectivity index is 1.04. The predicted octanol–water partition coefficient (Wildman–Crippen LogP) is 4.61. The van der Waals surface area contributed by atoms with Crippen LogP contribution in [0.5, 0.6) is 0 Å². The molecule has 2 N–H and O–H groups in total. The summed E-state index contributed by atoms with van der Waals surface area (Å²) in [5.41, 5.74) is 0.311. The summed E-state index contributed by atoms with van der Waals surface area (Å²) in [4.78, 5) is 51.3. The summed E-state index contributed by atoms with van der Waals surface area (Å²) in [6, 6.07) is 10.8. The van der Waals surface area contributed by atoms with Crippen LogP contribution in [0.1, 0.15) is 83.1 Å². The number of amides is 3. The summed E-state index contributed by atoms with van der Waals surface area (Å²) >= 11 is 0. The monoisotopic (exact) mass is 665 g/mol. The van der Waals surface area contributed by atoms with Gasteiger partial charge in [-0.1, -0.05) is 51.0 Å². The van der Waals surface area contributed by atoms with Crippen molar-refractivity contribution >= 4 is 28.6 Å². The lowest BCUT2D eigenvalue weighted by atomic mass is 9.47. The summed E-state index contributed by atoms with van der Waals surface area (Å²) in [6.45, 7) is 10.9. The Morgan fingerprint density at radius 3 is 2.53 bits per heavy atom. The molecular weight excluding hydrogens is 614 g/mol.